The molecule has 0 saturated heterocycles. The number of phenols is 1. The summed E-state index contributed by atoms with van der Waals surface area (Å²) in [5.41, 5.74) is 0.815. The van der Waals surface area contributed by atoms with E-state index >= 15 is 0 Å². The molecule has 0 radical (unpaired) electrons. The lowest BCUT2D eigenvalue weighted by Crippen LogP contribution is -2.37. The van der Waals surface area contributed by atoms with Gasteiger partial charge >= 0.3 is 0 Å². The first-order valence-electron chi connectivity index (χ1n) is 6.61. The van der Waals surface area contributed by atoms with Crippen LogP contribution in [0, 0.1) is 0 Å². The second-order valence-electron chi connectivity index (χ2n) is 4.81. The summed E-state index contributed by atoms with van der Waals surface area (Å²) in [5.74, 6) is -1.63. The van der Waals surface area contributed by atoms with E-state index in [1.807, 2.05) is 0 Å². The van der Waals surface area contributed by atoms with Crippen molar-refractivity contribution >= 4 is 23.4 Å². The summed E-state index contributed by atoms with van der Waals surface area (Å²) in [7, 11) is 0. The number of amides is 3. The van der Waals surface area contributed by atoms with E-state index < -0.39 is 24.3 Å². The van der Waals surface area contributed by atoms with Gasteiger partial charge < -0.3 is 10.4 Å². The SMILES string of the molecule is O=C(CN1C(=O)c2ccccc2C1=O)Nc1ccccc1O. The molecule has 0 aromatic heterocycles. The van der Waals surface area contributed by atoms with Gasteiger partial charge in [0.25, 0.3) is 11.8 Å². The molecular weight excluding hydrogens is 284 g/mol. The third kappa shape index (κ3) is 2.31. The van der Waals surface area contributed by atoms with E-state index in [-0.39, 0.29) is 11.4 Å². The lowest BCUT2D eigenvalue weighted by Gasteiger charge is -2.14. The van der Waals surface area contributed by atoms with E-state index in [0.717, 1.165) is 4.90 Å². The Balaban J connectivity index is 1.75. The van der Waals surface area contributed by atoms with Crippen LogP contribution in [0.15, 0.2) is 48.5 Å². The Bertz CT molecular complexity index is 750. The van der Waals surface area contributed by atoms with Crippen molar-refractivity contribution in [3.8, 4) is 5.75 Å². The van der Waals surface area contributed by atoms with Gasteiger partial charge in [-0.05, 0) is 24.3 Å². The minimum Gasteiger partial charge on any atom is -0.506 e. The Hall–Kier alpha value is -3.15. The van der Waals surface area contributed by atoms with Crippen LogP contribution < -0.4 is 5.32 Å². The largest absolute Gasteiger partial charge is 0.506 e. The van der Waals surface area contributed by atoms with Crippen LogP contribution in [0.4, 0.5) is 5.69 Å². The van der Waals surface area contributed by atoms with Crippen LogP contribution in [0.1, 0.15) is 20.7 Å². The summed E-state index contributed by atoms with van der Waals surface area (Å²) in [6.07, 6.45) is 0. The molecule has 0 bridgehead atoms. The van der Waals surface area contributed by atoms with E-state index in [1.165, 1.54) is 12.1 Å². The first-order chi connectivity index (χ1) is 10.6. The maximum atomic E-state index is 12.1. The lowest BCUT2D eigenvalue weighted by molar-refractivity contribution is -0.116. The topological polar surface area (TPSA) is 86.7 Å². The van der Waals surface area contributed by atoms with Gasteiger partial charge in [-0.3, -0.25) is 19.3 Å². The number of carbonyl (C=O) groups excluding carboxylic acids is 3. The highest BCUT2D eigenvalue weighted by atomic mass is 16.3. The molecule has 0 aliphatic carbocycles. The predicted octanol–water partition coefficient (Wildman–Crippen LogP) is 1.63. The van der Waals surface area contributed by atoms with Crippen LogP contribution in [0.5, 0.6) is 5.75 Å². The van der Waals surface area contributed by atoms with E-state index in [9.17, 15) is 19.5 Å². The van der Waals surface area contributed by atoms with E-state index in [1.54, 1.807) is 36.4 Å². The predicted molar refractivity (Wildman–Crippen MR) is 78.5 cm³/mol. The molecule has 1 aliphatic rings. The summed E-state index contributed by atoms with van der Waals surface area (Å²) in [5, 5.41) is 12.1. The number of benzene rings is 2. The van der Waals surface area contributed by atoms with Crippen molar-refractivity contribution in [2.24, 2.45) is 0 Å². The van der Waals surface area contributed by atoms with Gasteiger partial charge in [0.05, 0.1) is 16.8 Å². The second kappa shape index (κ2) is 5.33. The molecule has 110 valence electrons. The third-order valence-electron chi connectivity index (χ3n) is 3.36. The number of para-hydroxylation sites is 2. The Morgan fingerprint density at radius 3 is 2.09 bits per heavy atom. The van der Waals surface area contributed by atoms with Gasteiger partial charge in [-0.25, -0.2) is 0 Å². The number of aromatic hydroxyl groups is 1. The first kappa shape index (κ1) is 13.8. The van der Waals surface area contributed by atoms with Crippen LogP contribution >= 0.6 is 0 Å². The molecule has 0 atom stereocenters. The average Bonchev–Trinajstić information content (AvgIpc) is 2.75. The molecule has 2 aromatic rings. The highest BCUT2D eigenvalue weighted by Gasteiger charge is 2.36. The van der Waals surface area contributed by atoms with Crippen LogP contribution in [0.3, 0.4) is 0 Å². The summed E-state index contributed by atoms with van der Waals surface area (Å²) in [6.45, 7) is -0.402. The van der Waals surface area contributed by atoms with Gasteiger partial charge in [0.15, 0.2) is 0 Å². The fraction of sp³-hybridized carbons (Fsp3) is 0.0625. The van der Waals surface area contributed by atoms with Crippen molar-refractivity contribution in [1.82, 2.24) is 4.90 Å². The maximum absolute atomic E-state index is 12.1. The van der Waals surface area contributed by atoms with Crippen LogP contribution in [0.2, 0.25) is 0 Å². The summed E-state index contributed by atoms with van der Waals surface area (Å²) >= 11 is 0. The first-order valence-corrected chi connectivity index (χ1v) is 6.61. The zero-order chi connectivity index (χ0) is 15.7. The fourth-order valence-electron chi connectivity index (χ4n) is 2.30. The summed E-state index contributed by atoms with van der Waals surface area (Å²) in [6, 6.07) is 12.7. The molecule has 22 heavy (non-hydrogen) atoms. The Kier molecular flexibility index (Phi) is 3.34. The van der Waals surface area contributed by atoms with Crippen molar-refractivity contribution in [1.29, 1.82) is 0 Å². The average molecular weight is 296 g/mol. The van der Waals surface area contributed by atoms with Crippen molar-refractivity contribution < 1.29 is 19.5 Å². The molecule has 6 heteroatoms. The zero-order valence-electron chi connectivity index (χ0n) is 11.4. The fourth-order valence-corrected chi connectivity index (χ4v) is 2.30. The minimum absolute atomic E-state index is 0.0850. The molecule has 2 aromatic carbocycles. The third-order valence-corrected chi connectivity index (χ3v) is 3.36. The Morgan fingerprint density at radius 1 is 0.955 bits per heavy atom. The number of anilines is 1. The smallest absolute Gasteiger partial charge is 0.262 e. The molecular formula is C16H12N2O4. The van der Waals surface area contributed by atoms with Gasteiger partial charge in [-0.2, -0.15) is 0 Å². The van der Waals surface area contributed by atoms with Gasteiger partial charge in [0, 0.05) is 0 Å². The number of fused-ring (bicyclic) bond motifs is 1. The molecule has 0 spiro atoms. The molecule has 0 fully saturated rings. The van der Waals surface area contributed by atoms with E-state index in [0.29, 0.717) is 11.1 Å². The highest BCUT2D eigenvalue weighted by molar-refractivity contribution is 6.22. The van der Waals surface area contributed by atoms with Crippen LogP contribution in [0.25, 0.3) is 0 Å². The number of hydrogen-bond donors (Lipinski definition) is 2. The number of nitrogens with zero attached hydrogens (tertiary/aromatic N) is 1. The number of nitrogens with one attached hydrogen (secondary N) is 1. The molecule has 6 nitrogen and oxygen atoms in total. The quantitative estimate of drug-likeness (QED) is 0.665. The van der Waals surface area contributed by atoms with Gasteiger partial charge in [-0.15, -0.1) is 0 Å². The van der Waals surface area contributed by atoms with Crippen LogP contribution in [-0.4, -0.2) is 34.3 Å². The molecule has 0 saturated carbocycles. The molecule has 0 unspecified atom stereocenters. The monoisotopic (exact) mass is 296 g/mol. The van der Waals surface area contributed by atoms with Crippen molar-refractivity contribution in [3.63, 3.8) is 0 Å². The molecule has 3 amide bonds. The van der Waals surface area contributed by atoms with Crippen LogP contribution in [-0.2, 0) is 4.79 Å². The van der Waals surface area contributed by atoms with Gasteiger partial charge in [0.2, 0.25) is 5.91 Å². The number of rotatable bonds is 3. The molecule has 2 N–H and O–H groups in total. The van der Waals surface area contributed by atoms with Crippen molar-refractivity contribution in [2.75, 3.05) is 11.9 Å². The number of hydrogen-bond acceptors (Lipinski definition) is 4. The van der Waals surface area contributed by atoms with Gasteiger partial charge in [0.1, 0.15) is 12.3 Å². The normalized spacial score (nSPS) is 13.2. The van der Waals surface area contributed by atoms with E-state index in [4.69, 9.17) is 0 Å². The van der Waals surface area contributed by atoms with E-state index in [2.05, 4.69) is 5.32 Å². The zero-order valence-corrected chi connectivity index (χ0v) is 11.4. The summed E-state index contributed by atoms with van der Waals surface area (Å²) < 4.78 is 0. The highest BCUT2D eigenvalue weighted by Crippen LogP contribution is 2.24. The minimum atomic E-state index is -0.559. The number of carbonyl (C=O) groups is 3. The van der Waals surface area contributed by atoms with Crippen molar-refractivity contribution in [2.45, 2.75) is 0 Å². The molecule has 1 aliphatic heterocycles. The molecule has 3 rings (SSSR count). The number of imide groups is 1. The maximum Gasteiger partial charge on any atom is 0.262 e. The Morgan fingerprint density at radius 2 is 1.50 bits per heavy atom. The number of phenolic OH excluding ortho intramolecular Hbond substituents is 1. The summed E-state index contributed by atoms with van der Waals surface area (Å²) in [4.78, 5) is 37.2. The van der Waals surface area contributed by atoms with Gasteiger partial charge in [-0.1, -0.05) is 24.3 Å². The molecule has 1 heterocycles. The Labute approximate surface area is 126 Å². The standard InChI is InChI=1S/C16H12N2O4/c19-13-8-4-3-7-12(13)17-14(20)9-18-15(21)10-5-1-2-6-11(10)16(18)22/h1-8,19H,9H2,(H,17,20). The van der Waals surface area contributed by atoms with Crippen molar-refractivity contribution in [3.05, 3.63) is 59.7 Å². The second-order valence-corrected chi connectivity index (χ2v) is 4.81. The lowest BCUT2D eigenvalue weighted by atomic mass is 10.1.